The molecule has 5 heteroatoms. The monoisotopic (exact) mass is 296 g/mol. The average Bonchev–Trinajstić information content (AvgIpc) is 2.49. The Labute approximate surface area is 125 Å². The van der Waals surface area contributed by atoms with Gasteiger partial charge in [0.05, 0.1) is 18.1 Å². The summed E-state index contributed by atoms with van der Waals surface area (Å²) in [7, 11) is 1.94. The van der Waals surface area contributed by atoms with Crippen molar-refractivity contribution in [1.29, 1.82) is 0 Å². The topological polar surface area (TPSA) is 41.6 Å². The van der Waals surface area contributed by atoms with E-state index in [1.807, 2.05) is 30.1 Å². The van der Waals surface area contributed by atoms with Gasteiger partial charge >= 0.3 is 0 Å². The molecule has 1 unspecified atom stereocenters. The van der Waals surface area contributed by atoms with Crippen LogP contribution in [-0.2, 0) is 4.79 Å². The van der Waals surface area contributed by atoms with Crippen LogP contribution in [0.3, 0.4) is 0 Å². The Hall–Kier alpha value is -1.26. The van der Waals surface area contributed by atoms with Crippen molar-refractivity contribution >= 4 is 17.5 Å². The Balaban J connectivity index is 1.76. The summed E-state index contributed by atoms with van der Waals surface area (Å²) < 4.78 is 5.56. The lowest BCUT2D eigenvalue weighted by Crippen LogP contribution is -2.47. The van der Waals surface area contributed by atoms with Gasteiger partial charge in [-0.1, -0.05) is 23.7 Å². The van der Waals surface area contributed by atoms with Crippen molar-refractivity contribution in [2.24, 2.45) is 0 Å². The minimum atomic E-state index is 0.150. The van der Waals surface area contributed by atoms with E-state index in [9.17, 15) is 4.79 Å². The molecule has 0 spiro atoms. The Morgan fingerprint density at radius 3 is 3.05 bits per heavy atom. The highest BCUT2D eigenvalue weighted by Crippen LogP contribution is 2.23. The number of nitrogens with zero attached hydrogens (tertiary/aromatic N) is 1. The van der Waals surface area contributed by atoms with E-state index < -0.39 is 0 Å². The predicted octanol–water partition coefficient (Wildman–Crippen LogP) is 2.32. The molecule has 20 heavy (non-hydrogen) atoms. The molecule has 1 atom stereocenters. The fraction of sp³-hybridized carbons (Fsp3) is 0.533. The Bertz CT molecular complexity index is 453. The molecule has 1 N–H and O–H groups in total. The second kappa shape index (κ2) is 7.50. The predicted molar refractivity (Wildman–Crippen MR) is 80.2 cm³/mol. The van der Waals surface area contributed by atoms with E-state index in [2.05, 4.69) is 5.32 Å². The molecular formula is C15H21ClN2O2. The summed E-state index contributed by atoms with van der Waals surface area (Å²) in [5, 5.41) is 3.81. The van der Waals surface area contributed by atoms with Crippen LogP contribution in [-0.4, -0.2) is 43.6 Å². The second-order valence-electron chi connectivity index (χ2n) is 5.00. The van der Waals surface area contributed by atoms with E-state index in [4.69, 9.17) is 16.3 Å². The number of amides is 1. The molecule has 1 aromatic carbocycles. The van der Waals surface area contributed by atoms with Crippen molar-refractivity contribution in [3.63, 3.8) is 0 Å². The number of hydrogen-bond donors (Lipinski definition) is 1. The zero-order valence-corrected chi connectivity index (χ0v) is 12.5. The minimum Gasteiger partial charge on any atom is -0.491 e. The van der Waals surface area contributed by atoms with Crippen LogP contribution in [0.15, 0.2) is 24.3 Å². The molecule has 110 valence electrons. The van der Waals surface area contributed by atoms with Gasteiger partial charge in [-0.2, -0.15) is 0 Å². The van der Waals surface area contributed by atoms with Gasteiger partial charge in [-0.3, -0.25) is 4.79 Å². The Kier molecular flexibility index (Phi) is 5.68. The van der Waals surface area contributed by atoms with Gasteiger partial charge in [0.25, 0.3) is 0 Å². The number of likely N-dealkylation sites (N-methyl/N-ethyl adjacent to an activating group) is 1. The van der Waals surface area contributed by atoms with Crippen molar-refractivity contribution in [2.75, 3.05) is 26.7 Å². The Morgan fingerprint density at radius 2 is 2.30 bits per heavy atom. The first-order valence-electron chi connectivity index (χ1n) is 7.03. The number of piperidine rings is 1. The molecule has 1 aliphatic rings. The maximum Gasteiger partial charge on any atom is 0.226 e. The lowest BCUT2D eigenvalue weighted by atomic mass is 10.1. The lowest BCUT2D eigenvalue weighted by molar-refractivity contribution is -0.133. The SMILES string of the molecule is CNC1CCCN(C(=O)CCOc2ccccc2Cl)C1. The third-order valence-corrected chi connectivity index (χ3v) is 3.90. The molecule has 0 radical (unpaired) electrons. The average molecular weight is 297 g/mol. The van der Waals surface area contributed by atoms with Crippen LogP contribution in [0.4, 0.5) is 0 Å². The van der Waals surface area contributed by atoms with Crippen molar-refractivity contribution < 1.29 is 9.53 Å². The number of rotatable bonds is 5. The van der Waals surface area contributed by atoms with Gasteiger partial charge in [0.2, 0.25) is 5.91 Å². The van der Waals surface area contributed by atoms with E-state index in [-0.39, 0.29) is 5.91 Å². The van der Waals surface area contributed by atoms with E-state index in [0.717, 1.165) is 25.9 Å². The van der Waals surface area contributed by atoms with Crippen LogP contribution >= 0.6 is 11.6 Å². The zero-order valence-electron chi connectivity index (χ0n) is 11.8. The molecule has 0 aromatic heterocycles. The molecule has 4 nitrogen and oxygen atoms in total. The summed E-state index contributed by atoms with van der Waals surface area (Å²) in [6, 6.07) is 7.72. The summed E-state index contributed by atoms with van der Waals surface area (Å²) in [6.07, 6.45) is 2.58. The summed E-state index contributed by atoms with van der Waals surface area (Å²) >= 11 is 6.00. The number of likely N-dealkylation sites (tertiary alicyclic amines) is 1. The molecule has 1 aliphatic heterocycles. The minimum absolute atomic E-state index is 0.150. The number of halogens is 1. The van der Waals surface area contributed by atoms with E-state index in [0.29, 0.717) is 29.8 Å². The number of hydrogen-bond acceptors (Lipinski definition) is 3. The van der Waals surface area contributed by atoms with Gasteiger partial charge in [0.1, 0.15) is 5.75 Å². The number of carbonyl (C=O) groups is 1. The second-order valence-corrected chi connectivity index (χ2v) is 5.40. The summed E-state index contributed by atoms with van der Waals surface area (Å²) in [5.41, 5.74) is 0. The van der Waals surface area contributed by atoms with Crippen LogP contribution in [0.1, 0.15) is 19.3 Å². The lowest BCUT2D eigenvalue weighted by Gasteiger charge is -2.32. The van der Waals surface area contributed by atoms with Gasteiger partial charge in [-0.15, -0.1) is 0 Å². The van der Waals surface area contributed by atoms with Crippen LogP contribution in [0, 0.1) is 0 Å². The molecule has 1 fully saturated rings. The highest BCUT2D eigenvalue weighted by Gasteiger charge is 2.22. The third-order valence-electron chi connectivity index (χ3n) is 3.59. The molecule has 0 bridgehead atoms. The number of ether oxygens (including phenoxy) is 1. The number of para-hydroxylation sites is 1. The highest BCUT2D eigenvalue weighted by molar-refractivity contribution is 6.32. The number of benzene rings is 1. The largest absolute Gasteiger partial charge is 0.491 e. The van der Waals surface area contributed by atoms with E-state index in [1.165, 1.54) is 0 Å². The molecular weight excluding hydrogens is 276 g/mol. The first kappa shape index (κ1) is 15.1. The van der Waals surface area contributed by atoms with Crippen LogP contribution < -0.4 is 10.1 Å². The van der Waals surface area contributed by atoms with E-state index >= 15 is 0 Å². The van der Waals surface area contributed by atoms with Crippen LogP contribution in [0.5, 0.6) is 5.75 Å². The third kappa shape index (κ3) is 4.12. The van der Waals surface area contributed by atoms with Crippen molar-refractivity contribution in [2.45, 2.75) is 25.3 Å². The Morgan fingerprint density at radius 1 is 1.50 bits per heavy atom. The molecule has 0 saturated carbocycles. The first-order chi connectivity index (χ1) is 9.70. The van der Waals surface area contributed by atoms with Gasteiger partial charge < -0.3 is 15.0 Å². The summed E-state index contributed by atoms with van der Waals surface area (Å²) in [4.78, 5) is 14.0. The van der Waals surface area contributed by atoms with Gasteiger partial charge in [0, 0.05) is 19.1 Å². The summed E-state index contributed by atoms with van der Waals surface area (Å²) in [5.74, 6) is 0.783. The van der Waals surface area contributed by atoms with Crippen LogP contribution in [0.2, 0.25) is 5.02 Å². The van der Waals surface area contributed by atoms with Gasteiger partial charge in [0.15, 0.2) is 0 Å². The van der Waals surface area contributed by atoms with Crippen molar-refractivity contribution in [3.8, 4) is 5.75 Å². The number of carbonyl (C=O) groups excluding carboxylic acids is 1. The molecule has 1 aromatic rings. The highest BCUT2D eigenvalue weighted by atomic mass is 35.5. The zero-order chi connectivity index (χ0) is 14.4. The van der Waals surface area contributed by atoms with E-state index in [1.54, 1.807) is 6.07 Å². The standard InChI is InChI=1S/C15H21ClN2O2/c1-17-12-5-4-9-18(11-12)15(19)8-10-20-14-7-3-2-6-13(14)16/h2-3,6-7,12,17H,4-5,8-11H2,1H3. The van der Waals surface area contributed by atoms with Crippen molar-refractivity contribution in [1.82, 2.24) is 10.2 Å². The quantitative estimate of drug-likeness (QED) is 0.907. The first-order valence-corrected chi connectivity index (χ1v) is 7.41. The van der Waals surface area contributed by atoms with Gasteiger partial charge in [-0.25, -0.2) is 0 Å². The fourth-order valence-electron chi connectivity index (χ4n) is 2.41. The molecule has 1 saturated heterocycles. The smallest absolute Gasteiger partial charge is 0.226 e. The molecule has 0 aliphatic carbocycles. The molecule has 2 rings (SSSR count). The fourth-order valence-corrected chi connectivity index (χ4v) is 2.60. The maximum absolute atomic E-state index is 12.1. The van der Waals surface area contributed by atoms with Crippen LogP contribution in [0.25, 0.3) is 0 Å². The maximum atomic E-state index is 12.1. The normalized spacial score (nSPS) is 18.9. The van der Waals surface area contributed by atoms with Gasteiger partial charge in [-0.05, 0) is 32.0 Å². The summed E-state index contributed by atoms with van der Waals surface area (Å²) in [6.45, 7) is 2.01. The van der Waals surface area contributed by atoms with Crippen molar-refractivity contribution in [3.05, 3.63) is 29.3 Å². The molecule has 1 heterocycles. The molecule has 1 amide bonds. The number of nitrogens with one attached hydrogen (secondary N) is 1.